The van der Waals surface area contributed by atoms with E-state index in [9.17, 15) is 9.59 Å². The van der Waals surface area contributed by atoms with Crippen molar-refractivity contribution in [3.8, 4) is 0 Å². The van der Waals surface area contributed by atoms with Crippen LogP contribution in [0.4, 0.5) is 0 Å². The van der Waals surface area contributed by atoms with Crippen molar-refractivity contribution in [2.75, 3.05) is 20.2 Å². The minimum Gasteiger partial charge on any atom is -0.481 e. The van der Waals surface area contributed by atoms with Crippen LogP contribution < -0.4 is 0 Å². The van der Waals surface area contributed by atoms with Crippen LogP contribution in [0.3, 0.4) is 0 Å². The average Bonchev–Trinajstić information content (AvgIpc) is 2.97. The summed E-state index contributed by atoms with van der Waals surface area (Å²) in [6.45, 7) is 1.44. The van der Waals surface area contributed by atoms with Crippen LogP contribution in [0.1, 0.15) is 35.5 Å². The van der Waals surface area contributed by atoms with E-state index in [0.29, 0.717) is 18.8 Å². The van der Waals surface area contributed by atoms with E-state index in [-0.39, 0.29) is 29.5 Å². The number of nitrogens with zero attached hydrogens (tertiary/aromatic N) is 2. The van der Waals surface area contributed by atoms with Gasteiger partial charge in [0.1, 0.15) is 6.61 Å². The summed E-state index contributed by atoms with van der Waals surface area (Å²) in [7, 11) is 1.54. The third-order valence-electron chi connectivity index (χ3n) is 4.60. The topological polar surface area (TPSA) is 92.9 Å². The molecular weight excluding hydrogens is 276 g/mol. The molecule has 1 unspecified atom stereocenters. The summed E-state index contributed by atoms with van der Waals surface area (Å²) < 4.78 is 9.94. The summed E-state index contributed by atoms with van der Waals surface area (Å²) in [5.41, 5.74) is 0.205. The lowest BCUT2D eigenvalue weighted by Crippen LogP contribution is -2.40. The molecule has 1 saturated carbocycles. The second kappa shape index (κ2) is 5.14. The van der Waals surface area contributed by atoms with Gasteiger partial charge >= 0.3 is 5.97 Å². The normalized spacial score (nSPS) is 23.3. The van der Waals surface area contributed by atoms with E-state index in [2.05, 4.69) is 5.16 Å². The number of carboxylic acids is 1. The Morgan fingerprint density at radius 1 is 1.52 bits per heavy atom. The van der Waals surface area contributed by atoms with Gasteiger partial charge in [0.15, 0.2) is 11.5 Å². The second-order valence-corrected chi connectivity index (χ2v) is 5.86. The predicted molar refractivity (Wildman–Crippen MR) is 70.5 cm³/mol. The first-order valence-electron chi connectivity index (χ1n) is 7.02. The van der Waals surface area contributed by atoms with Gasteiger partial charge in [-0.3, -0.25) is 9.59 Å². The number of aromatic nitrogens is 1. The van der Waals surface area contributed by atoms with E-state index >= 15 is 0 Å². The molecule has 0 bridgehead atoms. The lowest BCUT2D eigenvalue weighted by Gasteiger charge is -2.32. The predicted octanol–water partition coefficient (Wildman–Crippen LogP) is 1.15. The minimum absolute atomic E-state index is 0.0757. The van der Waals surface area contributed by atoms with Crippen molar-refractivity contribution in [1.29, 1.82) is 0 Å². The highest BCUT2D eigenvalue weighted by Crippen LogP contribution is 2.59. The molecule has 2 heterocycles. The summed E-state index contributed by atoms with van der Waals surface area (Å²) in [5, 5.41) is 12.8. The number of piperidine rings is 1. The molecule has 1 aliphatic carbocycles. The van der Waals surface area contributed by atoms with Crippen molar-refractivity contribution in [1.82, 2.24) is 10.1 Å². The van der Waals surface area contributed by atoms with E-state index in [1.54, 1.807) is 18.1 Å². The number of carboxylic acid groups (broad SMARTS) is 1. The molecule has 1 atom stereocenters. The van der Waals surface area contributed by atoms with E-state index < -0.39 is 5.97 Å². The molecule has 7 heteroatoms. The molecule has 3 rings (SSSR count). The molecule has 1 amide bonds. The summed E-state index contributed by atoms with van der Waals surface area (Å²) >= 11 is 0. The molecule has 21 heavy (non-hydrogen) atoms. The summed E-state index contributed by atoms with van der Waals surface area (Å²) in [5.74, 6) is -0.587. The molecule has 1 aliphatic heterocycles. The standard InChI is InChI=1S/C14H18N2O5/c1-20-8-9-6-11(15-21-9)12(17)16-4-2-14(3-5-16)7-10(14)13(18)19/h6,10H,2-5,7-8H2,1H3,(H,18,19). The molecule has 114 valence electrons. The SMILES string of the molecule is COCc1cc(C(=O)N2CCC3(CC2)CC3C(=O)O)no1. The van der Waals surface area contributed by atoms with Crippen LogP contribution >= 0.6 is 0 Å². The molecule has 1 aromatic heterocycles. The number of hydrogen-bond donors (Lipinski definition) is 1. The van der Waals surface area contributed by atoms with Crippen LogP contribution in [0.5, 0.6) is 0 Å². The fourth-order valence-electron chi connectivity index (χ4n) is 3.19. The highest BCUT2D eigenvalue weighted by Gasteiger charge is 2.59. The Morgan fingerprint density at radius 2 is 2.24 bits per heavy atom. The van der Waals surface area contributed by atoms with Crippen LogP contribution in [0.15, 0.2) is 10.6 Å². The van der Waals surface area contributed by atoms with Gasteiger partial charge < -0.3 is 19.3 Å². The largest absolute Gasteiger partial charge is 0.481 e. The van der Waals surface area contributed by atoms with Gasteiger partial charge in [-0.25, -0.2) is 0 Å². The quantitative estimate of drug-likeness (QED) is 0.895. The lowest BCUT2D eigenvalue weighted by atomic mass is 9.90. The van der Waals surface area contributed by atoms with E-state index in [1.165, 1.54) is 0 Å². The first kappa shape index (κ1) is 14.1. The Morgan fingerprint density at radius 3 is 2.81 bits per heavy atom. The molecule has 2 fully saturated rings. The van der Waals surface area contributed by atoms with Crippen molar-refractivity contribution in [3.05, 3.63) is 17.5 Å². The number of carbonyl (C=O) groups is 2. The summed E-state index contributed by atoms with van der Waals surface area (Å²) in [4.78, 5) is 25.1. The average molecular weight is 294 g/mol. The number of carbonyl (C=O) groups excluding carboxylic acids is 1. The van der Waals surface area contributed by atoms with Crippen LogP contribution in [-0.4, -0.2) is 47.2 Å². The number of methoxy groups -OCH3 is 1. The van der Waals surface area contributed by atoms with E-state index in [1.807, 2.05) is 0 Å². The van der Waals surface area contributed by atoms with Gasteiger partial charge in [0.2, 0.25) is 0 Å². The maximum absolute atomic E-state index is 12.3. The molecule has 0 radical (unpaired) electrons. The van der Waals surface area contributed by atoms with Crippen LogP contribution in [0, 0.1) is 11.3 Å². The maximum atomic E-state index is 12.3. The van der Waals surface area contributed by atoms with Crippen LogP contribution in [-0.2, 0) is 16.1 Å². The molecule has 1 aromatic rings. The smallest absolute Gasteiger partial charge is 0.307 e. The zero-order valence-corrected chi connectivity index (χ0v) is 11.9. The van der Waals surface area contributed by atoms with Gasteiger partial charge in [-0.05, 0) is 24.7 Å². The number of rotatable bonds is 4. The van der Waals surface area contributed by atoms with E-state index in [0.717, 1.165) is 19.3 Å². The van der Waals surface area contributed by atoms with Gasteiger partial charge in [-0.1, -0.05) is 5.16 Å². The molecule has 0 aromatic carbocycles. The minimum atomic E-state index is -0.713. The van der Waals surface area contributed by atoms with Gasteiger partial charge in [0, 0.05) is 26.3 Å². The van der Waals surface area contributed by atoms with Crippen molar-refractivity contribution in [3.63, 3.8) is 0 Å². The number of ether oxygens (including phenoxy) is 1. The molecular formula is C14H18N2O5. The monoisotopic (exact) mass is 294 g/mol. The molecule has 2 aliphatic rings. The van der Waals surface area contributed by atoms with Gasteiger partial charge in [-0.15, -0.1) is 0 Å². The molecule has 1 spiro atoms. The Kier molecular flexibility index (Phi) is 3.44. The number of likely N-dealkylation sites (tertiary alicyclic amines) is 1. The highest BCUT2D eigenvalue weighted by atomic mass is 16.5. The summed E-state index contributed by atoms with van der Waals surface area (Å²) in [6.07, 6.45) is 2.24. The highest BCUT2D eigenvalue weighted by molar-refractivity contribution is 5.92. The fraction of sp³-hybridized carbons (Fsp3) is 0.643. The number of amides is 1. The van der Waals surface area contributed by atoms with Crippen LogP contribution in [0.25, 0.3) is 0 Å². The van der Waals surface area contributed by atoms with Gasteiger partial charge in [-0.2, -0.15) is 0 Å². The number of aliphatic carboxylic acids is 1. The van der Waals surface area contributed by atoms with Crippen molar-refractivity contribution in [2.45, 2.75) is 25.9 Å². The third kappa shape index (κ3) is 2.53. The second-order valence-electron chi connectivity index (χ2n) is 5.86. The van der Waals surface area contributed by atoms with Crippen molar-refractivity contribution >= 4 is 11.9 Å². The van der Waals surface area contributed by atoms with Crippen molar-refractivity contribution in [2.24, 2.45) is 11.3 Å². The molecule has 1 N–H and O–H groups in total. The Bertz CT molecular complexity index is 559. The zero-order chi connectivity index (χ0) is 15.0. The maximum Gasteiger partial charge on any atom is 0.307 e. The fourth-order valence-corrected chi connectivity index (χ4v) is 3.19. The molecule has 1 saturated heterocycles. The van der Waals surface area contributed by atoms with Gasteiger partial charge in [0.05, 0.1) is 5.92 Å². The van der Waals surface area contributed by atoms with Gasteiger partial charge in [0.25, 0.3) is 5.91 Å². The van der Waals surface area contributed by atoms with Crippen LogP contribution in [0.2, 0.25) is 0 Å². The summed E-state index contributed by atoms with van der Waals surface area (Å²) in [6, 6.07) is 1.59. The molecule has 7 nitrogen and oxygen atoms in total. The zero-order valence-electron chi connectivity index (χ0n) is 11.9. The van der Waals surface area contributed by atoms with Crippen molar-refractivity contribution < 1.29 is 24.0 Å². The third-order valence-corrected chi connectivity index (χ3v) is 4.60. The Hall–Kier alpha value is -1.89. The first-order chi connectivity index (χ1) is 10.1. The number of hydrogen-bond acceptors (Lipinski definition) is 5. The van der Waals surface area contributed by atoms with E-state index in [4.69, 9.17) is 14.4 Å². The first-order valence-corrected chi connectivity index (χ1v) is 7.02. The lowest BCUT2D eigenvalue weighted by molar-refractivity contribution is -0.139. The Labute approximate surface area is 121 Å². The Balaban J connectivity index is 1.59.